The van der Waals surface area contributed by atoms with Crippen molar-refractivity contribution in [3.05, 3.63) is 65.9 Å². The van der Waals surface area contributed by atoms with Gasteiger partial charge in [-0.25, -0.2) is 0 Å². The summed E-state index contributed by atoms with van der Waals surface area (Å²) in [4.78, 5) is 0. The van der Waals surface area contributed by atoms with E-state index in [0.29, 0.717) is 11.7 Å². The number of fused-ring (bicyclic) bond motifs is 1. The quantitative estimate of drug-likeness (QED) is 0.702. The van der Waals surface area contributed by atoms with Crippen molar-refractivity contribution in [2.24, 2.45) is 5.92 Å². The Hall–Kier alpha value is -2.22. The molecule has 3 rings (SSSR count). The Kier molecular flexibility index (Phi) is 3.70. The highest BCUT2D eigenvalue weighted by Crippen LogP contribution is 2.38. The second-order valence-electron chi connectivity index (χ2n) is 5.64. The van der Waals surface area contributed by atoms with E-state index in [1.165, 1.54) is 16.5 Å². The van der Waals surface area contributed by atoms with Gasteiger partial charge in [-0.3, -0.25) is 0 Å². The number of benzene rings is 2. The van der Waals surface area contributed by atoms with E-state index in [1.807, 2.05) is 36.6 Å². The molecule has 0 bridgehead atoms. The standard InChI is InChI=1S/C19H20O2/c1-3-13(2)19(14-8-10-15(20)11-9-14)17-12-21-18-7-5-4-6-16(17)18/h4-13,19-20H,3H2,1-2H3. The number of hydrogen-bond donors (Lipinski definition) is 1. The maximum Gasteiger partial charge on any atom is 0.134 e. The lowest BCUT2D eigenvalue weighted by atomic mass is 9.80. The highest BCUT2D eigenvalue weighted by molar-refractivity contribution is 5.82. The van der Waals surface area contributed by atoms with Gasteiger partial charge in [0, 0.05) is 16.9 Å². The van der Waals surface area contributed by atoms with Crippen LogP contribution in [0, 0.1) is 5.92 Å². The lowest BCUT2D eigenvalue weighted by Crippen LogP contribution is -2.10. The molecule has 0 radical (unpaired) electrons. The molecule has 1 N–H and O–H groups in total. The summed E-state index contributed by atoms with van der Waals surface area (Å²) in [5.41, 5.74) is 3.37. The first-order valence-corrected chi connectivity index (χ1v) is 7.45. The van der Waals surface area contributed by atoms with Gasteiger partial charge in [0.2, 0.25) is 0 Å². The van der Waals surface area contributed by atoms with Crippen LogP contribution < -0.4 is 0 Å². The van der Waals surface area contributed by atoms with Gasteiger partial charge in [-0.2, -0.15) is 0 Å². The predicted molar refractivity (Wildman–Crippen MR) is 85.6 cm³/mol. The summed E-state index contributed by atoms with van der Waals surface area (Å²) in [6.45, 7) is 4.47. The monoisotopic (exact) mass is 280 g/mol. The summed E-state index contributed by atoms with van der Waals surface area (Å²) in [7, 11) is 0. The lowest BCUT2D eigenvalue weighted by Gasteiger charge is -2.23. The molecule has 0 spiro atoms. The van der Waals surface area contributed by atoms with Gasteiger partial charge in [-0.1, -0.05) is 50.6 Å². The zero-order valence-corrected chi connectivity index (χ0v) is 12.4. The number of phenols is 1. The highest BCUT2D eigenvalue weighted by Gasteiger charge is 2.23. The van der Waals surface area contributed by atoms with Gasteiger partial charge in [-0.05, 0) is 29.7 Å². The fourth-order valence-corrected chi connectivity index (χ4v) is 2.97. The fourth-order valence-electron chi connectivity index (χ4n) is 2.97. The van der Waals surface area contributed by atoms with E-state index >= 15 is 0 Å². The Bertz CT molecular complexity index is 725. The summed E-state index contributed by atoms with van der Waals surface area (Å²) in [6.07, 6.45) is 2.97. The second-order valence-corrected chi connectivity index (χ2v) is 5.64. The average Bonchev–Trinajstić information content (AvgIpc) is 2.93. The normalized spacial score (nSPS) is 14.2. The van der Waals surface area contributed by atoms with Crippen molar-refractivity contribution in [2.75, 3.05) is 0 Å². The SMILES string of the molecule is CCC(C)C(c1ccc(O)cc1)c1coc2ccccc12. The molecule has 1 aromatic heterocycles. The molecule has 2 atom stereocenters. The molecule has 21 heavy (non-hydrogen) atoms. The Morgan fingerprint density at radius 3 is 2.48 bits per heavy atom. The molecule has 0 aliphatic heterocycles. The summed E-state index contributed by atoms with van der Waals surface area (Å²) >= 11 is 0. The van der Waals surface area contributed by atoms with Crippen LogP contribution in [0.15, 0.2) is 59.2 Å². The number of para-hydroxylation sites is 1. The largest absolute Gasteiger partial charge is 0.508 e. The zero-order chi connectivity index (χ0) is 14.8. The van der Waals surface area contributed by atoms with Crippen molar-refractivity contribution in [1.29, 1.82) is 0 Å². The smallest absolute Gasteiger partial charge is 0.134 e. The van der Waals surface area contributed by atoms with Crippen LogP contribution in [0.2, 0.25) is 0 Å². The molecule has 0 aliphatic carbocycles. The van der Waals surface area contributed by atoms with Crippen LogP contribution in [-0.4, -0.2) is 5.11 Å². The van der Waals surface area contributed by atoms with Crippen molar-refractivity contribution in [2.45, 2.75) is 26.2 Å². The fraction of sp³-hybridized carbons (Fsp3) is 0.263. The summed E-state index contributed by atoms with van der Waals surface area (Å²) < 4.78 is 5.72. The first-order chi connectivity index (χ1) is 10.2. The molecule has 2 nitrogen and oxygen atoms in total. The minimum atomic E-state index is 0.277. The van der Waals surface area contributed by atoms with Gasteiger partial charge in [-0.15, -0.1) is 0 Å². The molecule has 3 aromatic rings. The van der Waals surface area contributed by atoms with Crippen LogP contribution in [-0.2, 0) is 0 Å². The van der Waals surface area contributed by atoms with Crippen LogP contribution >= 0.6 is 0 Å². The third kappa shape index (κ3) is 2.54. The van der Waals surface area contributed by atoms with Gasteiger partial charge in [0.15, 0.2) is 0 Å². The van der Waals surface area contributed by atoms with Crippen molar-refractivity contribution in [3.63, 3.8) is 0 Å². The Balaban J connectivity index is 2.13. The molecule has 0 aliphatic rings. The average molecular weight is 280 g/mol. The van der Waals surface area contributed by atoms with Gasteiger partial charge >= 0.3 is 0 Å². The molecule has 108 valence electrons. The number of rotatable bonds is 4. The molecule has 2 heteroatoms. The van der Waals surface area contributed by atoms with Crippen LogP contribution in [0.3, 0.4) is 0 Å². The van der Waals surface area contributed by atoms with E-state index in [-0.39, 0.29) is 5.92 Å². The van der Waals surface area contributed by atoms with E-state index in [2.05, 4.69) is 19.9 Å². The molecular weight excluding hydrogens is 260 g/mol. The number of furan rings is 1. The molecule has 0 saturated carbocycles. The Morgan fingerprint density at radius 2 is 1.76 bits per heavy atom. The topological polar surface area (TPSA) is 33.4 Å². The van der Waals surface area contributed by atoms with Gasteiger partial charge < -0.3 is 9.52 Å². The van der Waals surface area contributed by atoms with Crippen molar-refractivity contribution >= 4 is 11.0 Å². The second kappa shape index (κ2) is 5.65. The van der Waals surface area contributed by atoms with Crippen LogP contribution in [0.25, 0.3) is 11.0 Å². The minimum Gasteiger partial charge on any atom is -0.508 e. The highest BCUT2D eigenvalue weighted by atomic mass is 16.3. The van der Waals surface area contributed by atoms with Crippen LogP contribution in [0.5, 0.6) is 5.75 Å². The van der Waals surface area contributed by atoms with Crippen LogP contribution in [0.4, 0.5) is 0 Å². The molecular formula is C19H20O2. The predicted octanol–water partition coefficient (Wildman–Crippen LogP) is 5.32. The molecule has 0 saturated heterocycles. The van der Waals surface area contributed by atoms with E-state index in [0.717, 1.165) is 12.0 Å². The summed E-state index contributed by atoms with van der Waals surface area (Å²) in [5, 5.41) is 10.7. The van der Waals surface area contributed by atoms with Crippen LogP contribution in [0.1, 0.15) is 37.3 Å². The van der Waals surface area contributed by atoms with Gasteiger partial charge in [0.05, 0.1) is 6.26 Å². The Labute approximate surface area is 125 Å². The third-order valence-electron chi connectivity index (χ3n) is 4.31. The maximum atomic E-state index is 9.52. The van der Waals surface area contributed by atoms with E-state index < -0.39 is 0 Å². The van der Waals surface area contributed by atoms with Crippen molar-refractivity contribution < 1.29 is 9.52 Å². The van der Waals surface area contributed by atoms with E-state index in [4.69, 9.17) is 4.42 Å². The van der Waals surface area contributed by atoms with Crippen molar-refractivity contribution in [1.82, 2.24) is 0 Å². The van der Waals surface area contributed by atoms with Gasteiger partial charge in [0.1, 0.15) is 11.3 Å². The lowest BCUT2D eigenvalue weighted by molar-refractivity contribution is 0.471. The molecule has 1 heterocycles. The zero-order valence-electron chi connectivity index (χ0n) is 12.4. The van der Waals surface area contributed by atoms with E-state index in [1.54, 1.807) is 12.1 Å². The van der Waals surface area contributed by atoms with Gasteiger partial charge in [0.25, 0.3) is 0 Å². The summed E-state index contributed by atoms with van der Waals surface area (Å²) in [5.74, 6) is 1.08. The Morgan fingerprint density at radius 1 is 1.05 bits per heavy atom. The molecule has 2 unspecified atom stereocenters. The molecule has 0 fully saturated rings. The first kappa shape index (κ1) is 13.7. The van der Waals surface area contributed by atoms with Crippen molar-refractivity contribution in [3.8, 4) is 5.75 Å². The molecule has 0 amide bonds. The third-order valence-corrected chi connectivity index (χ3v) is 4.31. The maximum absolute atomic E-state index is 9.52. The van der Waals surface area contributed by atoms with E-state index in [9.17, 15) is 5.11 Å². The minimum absolute atomic E-state index is 0.277. The first-order valence-electron chi connectivity index (χ1n) is 7.45. The summed E-state index contributed by atoms with van der Waals surface area (Å²) in [6, 6.07) is 15.7. The molecule has 2 aromatic carbocycles. The number of phenolic OH excluding ortho intramolecular Hbond substituents is 1. The number of hydrogen-bond acceptors (Lipinski definition) is 2. The number of aromatic hydroxyl groups is 1.